The van der Waals surface area contributed by atoms with Crippen molar-refractivity contribution in [1.82, 2.24) is 0 Å². The molecule has 8 nitrogen and oxygen atoms in total. The fourth-order valence-corrected chi connectivity index (χ4v) is 4.67. The van der Waals surface area contributed by atoms with Crippen LogP contribution in [0.4, 0.5) is 4.39 Å². The lowest BCUT2D eigenvalue weighted by Crippen LogP contribution is -2.39. The van der Waals surface area contributed by atoms with E-state index in [4.69, 9.17) is 18.9 Å². The second kappa shape index (κ2) is 12.0. The summed E-state index contributed by atoms with van der Waals surface area (Å²) in [6.07, 6.45) is 0.424. The van der Waals surface area contributed by atoms with E-state index >= 15 is 0 Å². The highest BCUT2D eigenvalue weighted by Gasteiger charge is 2.52. The van der Waals surface area contributed by atoms with Gasteiger partial charge in [0.1, 0.15) is 22.8 Å². The van der Waals surface area contributed by atoms with Crippen LogP contribution in [-0.2, 0) is 31.9 Å². The quantitative estimate of drug-likeness (QED) is 0.385. The van der Waals surface area contributed by atoms with Crippen molar-refractivity contribution in [2.24, 2.45) is 11.3 Å². The summed E-state index contributed by atoms with van der Waals surface area (Å²) in [5.74, 6) is -0.965. The highest BCUT2D eigenvalue weighted by atomic mass is 19.1. The fraction of sp³-hybridized carbons (Fsp3) is 0.429. The van der Waals surface area contributed by atoms with Crippen LogP contribution in [-0.4, -0.2) is 57.6 Å². The molecule has 9 heteroatoms. The summed E-state index contributed by atoms with van der Waals surface area (Å²) in [4.78, 5) is 48.2. The van der Waals surface area contributed by atoms with Gasteiger partial charge in [0, 0.05) is 11.1 Å². The summed E-state index contributed by atoms with van der Waals surface area (Å²) < 4.78 is 32.9. The number of benzene rings is 2. The van der Waals surface area contributed by atoms with Gasteiger partial charge in [-0.1, -0.05) is 0 Å². The number of esters is 2. The first-order chi connectivity index (χ1) is 17.8. The van der Waals surface area contributed by atoms with E-state index in [1.165, 1.54) is 7.11 Å². The standard InChI is InChI=1S/C15H17FO4.C13H14O4/c1-3-20-14(18)15(6-7-16)9-10-8-11(19-2)4-5-12(10)13(15)17;1-3-17-13(15)11-7-8-6-9(16-2)4-5-10(8)12(11)14/h4-5,8H,3,6-7,9H2,1-2H3;4-6,11H,3,7H2,1-2H3. The summed E-state index contributed by atoms with van der Waals surface area (Å²) in [5, 5.41) is 0. The summed E-state index contributed by atoms with van der Waals surface area (Å²) in [6.45, 7) is 3.11. The number of rotatable bonds is 8. The molecule has 0 amide bonds. The molecule has 0 N–H and O–H groups in total. The highest BCUT2D eigenvalue weighted by molar-refractivity contribution is 6.16. The smallest absolute Gasteiger partial charge is 0.320 e. The van der Waals surface area contributed by atoms with Crippen LogP contribution in [0.25, 0.3) is 0 Å². The van der Waals surface area contributed by atoms with E-state index in [9.17, 15) is 23.6 Å². The Balaban J connectivity index is 0.000000208. The van der Waals surface area contributed by atoms with Gasteiger partial charge in [-0.05, 0) is 80.6 Å². The predicted octanol–water partition coefficient (Wildman–Crippen LogP) is 3.96. The third kappa shape index (κ3) is 5.50. The molecular formula is C28H31FO8. The van der Waals surface area contributed by atoms with Gasteiger partial charge in [-0.15, -0.1) is 0 Å². The molecule has 2 aliphatic rings. The zero-order valence-corrected chi connectivity index (χ0v) is 21.4. The minimum absolute atomic E-state index is 0.151. The fourth-order valence-electron chi connectivity index (χ4n) is 4.67. The van der Waals surface area contributed by atoms with Gasteiger partial charge in [-0.25, -0.2) is 0 Å². The molecule has 0 aliphatic heterocycles. The normalized spacial score (nSPS) is 19.3. The Hall–Kier alpha value is -3.75. The van der Waals surface area contributed by atoms with Crippen molar-refractivity contribution in [3.8, 4) is 11.5 Å². The van der Waals surface area contributed by atoms with Crippen LogP contribution in [0, 0.1) is 11.3 Å². The molecule has 198 valence electrons. The molecule has 2 unspecified atom stereocenters. The average Bonchev–Trinajstić information content (AvgIpc) is 3.38. The number of methoxy groups -OCH3 is 2. The maximum Gasteiger partial charge on any atom is 0.320 e. The second-order valence-electron chi connectivity index (χ2n) is 8.67. The maximum atomic E-state index is 12.8. The minimum Gasteiger partial charge on any atom is -0.497 e. The lowest BCUT2D eigenvalue weighted by molar-refractivity contribution is -0.152. The molecule has 0 radical (unpaired) electrons. The number of hydrogen-bond donors (Lipinski definition) is 0. The van der Waals surface area contributed by atoms with E-state index in [0.717, 1.165) is 5.56 Å². The minimum atomic E-state index is -1.42. The van der Waals surface area contributed by atoms with Crippen molar-refractivity contribution < 1.29 is 42.5 Å². The summed E-state index contributed by atoms with van der Waals surface area (Å²) in [7, 11) is 3.10. The van der Waals surface area contributed by atoms with Crippen molar-refractivity contribution >= 4 is 23.5 Å². The van der Waals surface area contributed by atoms with Crippen molar-refractivity contribution in [3.05, 3.63) is 58.7 Å². The number of ether oxygens (including phenoxy) is 4. The third-order valence-corrected chi connectivity index (χ3v) is 6.56. The van der Waals surface area contributed by atoms with Crippen LogP contribution < -0.4 is 9.47 Å². The van der Waals surface area contributed by atoms with Crippen molar-refractivity contribution in [3.63, 3.8) is 0 Å². The van der Waals surface area contributed by atoms with Gasteiger partial charge in [-0.3, -0.25) is 23.6 Å². The van der Waals surface area contributed by atoms with E-state index in [1.54, 1.807) is 57.4 Å². The Kier molecular flexibility index (Phi) is 9.02. The summed E-state index contributed by atoms with van der Waals surface area (Å²) in [6, 6.07) is 10.2. The van der Waals surface area contributed by atoms with Crippen LogP contribution in [0.15, 0.2) is 36.4 Å². The van der Waals surface area contributed by atoms with E-state index in [0.29, 0.717) is 41.2 Å². The van der Waals surface area contributed by atoms with E-state index in [-0.39, 0.29) is 31.0 Å². The third-order valence-electron chi connectivity index (χ3n) is 6.56. The Morgan fingerprint density at radius 1 is 0.919 bits per heavy atom. The first-order valence-electron chi connectivity index (χ1n) is 12.1. The molecule has 0 saturated carbocycles. The molecular weight excluding hydrogens is 483 g/mol. The monoisotopic (exact) mass is 514 g/mol. The number of carbonyl (C=O) groups excluding carboxylic acids is 4. The van der Waals surface area contributed by atoms with Crippen LogP contribution in [0.2, 0.25) is 0 Å². The number of halogens is 1. The molecule has 2 aliphatic carbocycles. The van der Waals surface area contributed by atoms with Gasteiger partial charge in [0.25, 0.3) is 0 Å². The highest BCUT2D eigenvalue weighted by Crippen LogP contribution is 2.42. The predicted molar refractivity (Wildman–Crippen MR) is 132 cm³/mol. The Labute approximate surface area is 215 Å². The molecule has 0 aromatic heterocycles. The summed E-state index contributed by atoms with van der Waals surface area (Å²) >= 11 is 0. The van der Waals surface area contributed by atoms with E-state index < -0.39 is 29.9 Å². The van der Waals surface area contributed by atoms with Crippen molar-refractivity contribution in [2.45, 2.75) is 33.1 Å². The number of hydrogen-bond acceptors (Lipinski definition) is 8. The van der Waals surface area contributed by atoms with Crippen LogP contribution >= 0.6 is 0 Å². The lowest BCUT2D eigenvalue weighted by Gasteiger charge is -2.23. The molecule has 2 atom stereocenters. The lowest BCUT2D eigenvalue weighted by atomic mass is 9.81. The average molecular weight is 515 g/mol. The molecule has 0 spiro atoms. The molecule has 0 saturated heterocycles. The molecule has 0 heterocycles. The van der Waals surface area contributed by atoms with Crippen LogP contribution in [0.3, 0.4) is 0 Å². The molecule has 2 aromatic carbocycles. The number of ketones is 2. The van der Waals surface area contributed by atoms with Crippen molar-refractivity contribution in [2.75, 3.05) is 34.1 Å². The largest absolute Gasteiger partial charge is 0.497 e. The Morgan fingerprint density at radius 3 is 2.08 bits per heavy atom. The van der Waals surface area contributed by atoms with Crippen molar-refractivity contribution in [1.29, 1.82) is 0 Å². The first kappa shape index (κ1) is 27.8. The van der Waals surface area contributed by atoms with Gasteiger partial charge in [-0.2, -0.15) is 0 Å². The molecule has 0 bridgehead atoms. The summed E-state index contributed by atoms with van der Waals surface area (Å²) in [5.41, 5.74) is 1.19. The molecule has 0 fully saturated rings. The Bertz CT molecular complexity index is 1190. The first-order valence-corrected chi connectivity index (χ1v) is 12.1. The number of fused-ring (bicyclic) bond motifs is 2. The number of alkyl halides is 1. The Morgan fingerprint density at radius 2 is 1.51 bits per heavy atom. The maximum absolute atomic E-state index is 12.8. The van der Waals surface area contributed by atoms with Gasteiger partial charge in [0.15, 0.2) is 11.6 Å². The van der Waals surface area contributed by atoms with E-state index in [1.807, 2.05) is 0 Å². The topological polar surface area (TPSA) is 105 Å². The zero-order valence-electron chi connectivity index (χ0n) is 21.4. The van der Waals surface area contributed by atoms with Crippen LogP contribution in [0.5, 0.6) is 11.5 Å². The van der Waals surface area contributed by atoms with E-state index in [2.05, 4.69) is 0 Å². The zero-order chi connectivity index (χ0) is 27.2. The molecule has 37 heavy (non-hydrogen) atoms. The SMILES string of the molecule is CCOC(=O)C1(CCF)Cc2cc(OC)ccc2C1=O.CCOC(=O)C1Cc2cc(OC)ccc2C1=O. The second-order valence-corrected chi connectivity index (χ2v) is 8.67. The van der Waals surface area contributed by atoms with Crippen LogP contribution in [0.1, 0.15) is 52.1 Å². The van der Waals surface area contributed by atoms with Gasteiger partial charge in [0.05, 0.1) is 34.1 Å². The molecule has 2 aromatic rings. The molecule has 4 rings (SSSR count). The van der Waals surface area contributed by atoms with Gasteiger partial charge >= 0.3 is 11.9 Å². The van der Waals surface area contributed by atoms with Gasteiger partial charge in [0.2, 0.25) is 0 Å². The van der Waals surface area contributed by atoms with Gasteiger partial charge < -0.3 is 18.9 Å². The number of Topliss-reactive ketones (excluding diaryl/α,β-unsaturated/α-hetero) is 2. The number of carbonyl (C=O) groups is 4.